The van der Waals surface area contributed by atoms with Gasteiger partial charge in [0.15, 0.2) is 0 Å². The quantitative estimate of drug-likeness (QED) is 0.844. The summed E-state index contributed by atoms with van der Waals surface area (Å²) < 4.78 is 32.2. The van der Waals surface area contributed by atoms with Gasteiger partial charge in [0.1, 0.15) is 22.9 Å². The van der Waals surface area contributed by atoms with Crippen LogP contribution >= 0.6 is 0 Å². The molecular formula is C14H17F2NO4. The van der Waals surface area contributed by atoms with E-state index in [0.717, 1.165) is 12.1 Å². The highest BCUT2D eigenvalue weighted by atomic mass is 19.1. The zero-order chi connectivity index (χ0) is 16.2. The van der Waals surface area contributed by atoms with E-state index in [1.54, 1.807) is 13.8 Å². The Balaban J connectivity index is 3.00. The van der Waals surface area contributed by atoms with Crippen LogP contribution in [0.15, 0.2) is 12.1 Å². The number of carboxylic acids is 1. The molecule has 0 aliphatic heterocycles. The second-order valence-corrected chi connectivity index (χ2v) is 4.89. The first-order chi connectivity index (χ1) is 9.76. The van der Waals surface area contributed by atoms with Gasteiger partial charge in [-0.3, -0.25) is 9.59 Å². The number of ether oxygens (including phenoxy) is 1. The van der Waals surface area contributed by atoms with E-state index in [9.17, 15) is 18.4 Å². The fourth-order valence-corrected chi connectivity index (χ4v) is 1.77. The van der Waals surface area contributed by atoms with Gasteiger partial charge in [-0.25, -0.2) is 8.78 Å². The first-order valence-corrected chi connectivity index (χ1v) is 6.32. The highest BCUT2D eigenvalue weighted by molar-refractivity contribution is 5.95. The smallest absolute Gasteiger partial charge is 0.305 e. The topological polar surface area (TPSA) is 75.6 Å². The Hall–Kier alpha value is -2.18. The molecule has 0 aliphatic carbocycles. The summed E-state index contributed by atoms with van der Waals surface area (Å²) in [5, 5.41) is 11.1. The number of carboxylic acid groups (broad SMARTS) is 1. The lowest BCUT2D eigenvalue weighted by Gasteiger charge is -2.21. The van der Waals surface area contributed by atoms with Crippen LogP contribution in [0, 0.1) is 17.6 Å². The van der Waals surface area contributed by atoms with Crippen molar-refractivity contribution in [1.29, 1.82) is 0 Å². The highest BCUT2D eigenvalue weighted by Gasteiger charge is 2.24. The first kappa shape index (κ1) is 16.9. The second kappa shape index (κ2) is 7.01. The van der Waals surface area contributed by atoms with E-state index in [1.165, 1.54) is 7.11 Å². The molecule has 0 fully saturated rings. The van der Waals surface area contributed by atoms with Gasteiger partial charge in [0.25, 0.3) is 5.91 Å². The van der Waals surface area contributed by atoms with Gasteiger partial charge in [0.2, 0.25) is 0 Å². The van der Waals surface area contributed by atoms with Crippen molar-refractivity contribution in [1.82, 2.24) is 5.32 Å². The summed E-state index contributed by atoms with van der Waals surface area (Å²) in [7, 11) is 1.25. The molecule has 1 aromatic carbocycles. The van der Waals surface area contributed by atoms with Crippen LogP contribution in [-0.2, 0) is 4.79 Å². The third kappa shape index (κ3) is 4.40. The normalized spacial score (nSPS) is 12.1. The number of methoxy groups -OCH3 is 1. The first-order valence-electron chi connectivity index (χ1n) is 6.32. The standard InChI is InChI=1S/C14H17F2NO4/c1-7(2)11(6-12(18)19)17-14(20)13-9(15)4-8(21-3)5-10(13)16/h4-5,7,11H,6H2,1-3H3,(H,17,20)(H,18,19)/t11-/m1/s1. The number of rotatable bonds is 6. The molecule has 0 radical (unpaired) electrons. The Morgan fingerprint density at radius 3 is 2.19 bits per heavy atom. The number of carbonyl (C=O) groups is 2. The SMILES string of the molecule is COc1cc(F)c(C(=O)N[C@H](CC(=O)O)C(C)C)c(F)c1. The number of halogens is 2. The monoisotopic (exact) mass is 301 g/mol. The predicted octanol–water partition coefficient (Wildman–Crippen LogP) is 2.20. The van der Waals surface area contributed by atoms with Crippen molar-refractivity contribution < 1.29 is 28.2 Å². The minimum atomic E-state index is -1.11. The molecule has 0 bridgehead atoms. The number of benzene rings is 1. The molecule has 7 heteroatoms. The molecule has 116 valence electrons. The van der Waals surface area contributed by atoms with Crippen molar-refractivity contribution in [2.75, 3.05) is 7.11 Å². The maximum absolute atomic E-state index is 13.8. The molecular weight excluding hydrogens is 284 g/mol. The highest BCUT2D eigenvalue weighted by Crippen LogP contribution is 2.21. The lowest BCUT2D eigenvalue weighted by Crippen LogP contribution is -2.40. The van der Waals surface area contributed by atoms with E-state index in [1.807, 2.05) is 0 Å². The molecule has 0 saturated heterocycles. The van der Waals surface area contributed by atoms with Crippen molar-refractivity contribution in [2.24, 2.45) is 5.92 Å². The maximum Gasteiger partial charge on any atom is 0.305 e. The van der Waals surface area contributed by atoms with Crippen LogP contribution in [0.5, 0.6) is 5.75 Å². The molecule has 0 spiro atoms. The molecule has 0 heterocycles. The minimum absolute atomic E-state index is 0.0486. The summed E-state index contributed by atoms with van der Waals surface area (Å²) in [6.45, 7) is 3.41. The van der Waals surface area contributed by atoms with E-state index in [-0.39, 0.29) is 18.1 Å². The summed E-state index contributed by atoms with van der Waals surface area (Å²) in [5.74, 6) is -4.48. The minimum Gasteiger partial charge on any atom is -0.497 e. The number of amides is 1. The van der Waals surface area contributed by atoms with Crippen molar-refractivity contribution >= 4 is 11.9 Å². The Bertz CT molecular complexity index is 523. The number of aliphatic carboxylic acids is 1. The van der Waals surface area contributed by atoms with Gasteiger partial charge in [-0.15, -0.1) is 0 Å². The largest absolute Gasteiger partial charge is 0.497 e. The van der Waals surface area contributed by atoms with E-state index in [4.69, 9.17) is 9.84 Å². The van der Waals surface area contributed by atoms with Gasteiger partial charge >= 0.3 is 5.97 Å². The molecule has 0 aliphatic rings. The molecule has 2 N–H and O–H groups in total. The molecule has 1 rings (SSSR count). The lowest BCUT2D eigenvalue weighted by molar-refractivity contribution is -0.137. The molecule has 1 atom stereocenters. The Kier molecular flexibility index (Phi) is 5.63. The average molecular weight is 301 g/mol. The van der Waals surface area contributed by atoms with Crippen LogP contribution < -0.4 is 10.1 Å². The molecule has 21 heavy (non-hydrogen) atoms. The van der Waals surface area contributed by atoms with Crippen LogP contribution in [0.3, 0.4) is 0 Å². The van der Waals surface area contributed by atoms with Gasteiger partial charge in [-0.2, -0.15) is 0 Å². The van der Waals surface area contributed by atoms with Crippen LogP contribution in [0.4, 0.5) is 8.78 Å². The summed E-state index contributed by atoms with van der Waals surface area (Å²) in [4.78, 5) is 22.7. The molecule has 0 saturated carbocycles. The van der Waals surface area contributed by atoms with Crippen LogP contribution in [-0.4, -0.2) is 30.1 Å². The van der Waals surface area contributed by atoms with E-state index in [0.29, 0.717) is 0 Å². The van der Waals surface area contributed by atoms with Crippen molar-refractivity contribution in [3.05, 3.63) is 29.3 Å². The van der Waals surface area contributed by atoms with E-state index in [2.05, 4.69) is 5.32 Å². The van der Waals surface area contributed by atoms with Crippen molar-refractivity contribution in [3.63, 3.8) is 0 Å². The number of hydrogen-bond acceptors (Lipinski definition) is 3. The van der Waals surface area contributed by atoms with Gasteiger partial charge in [0.05, 0.1) is 13.5 Å². The van der Waals surface area contributed by atoms with Gasteiger partial charge in [0, 0.05) is 18.2 Å². The van der Waals surface area contributed by atoms with Gasteiger partial charge < -0.3 is 15.2 Å². The van der Waals surface area contributed by atoms with E-state index >= 15 is 0 Å². The van der Waals surface area contributed by atoms with Crippen LogP contribution in [0.1, 0.15) is 30.6 Å². The molecule has 1 aromatic rings. The van der Waals surface area contributed by atoms with E-state index < -0.39 is 35.1 Å². The third-order valence-corrected chi connectivity index (χ3v) is 2.99. The zero-order valence-electron chi connectivity index (χ0n) is 11.9. The maximum atomic E-state index is 13.8. The Labute approximate surface area is 120 Å². The van der Waals surface area contributed by atoms with Gasteiger partial charge in [-0.05, 0) is 5.92 Å². The number of nitrogens with one attached hydrogen (secondary N) is 1. The zero-order valence-corrected chi connectivity index (χ0v) is 11.9. The van der Waals surface area contributed by atoms with Crippen LogP contribution in [0.25, 0.3) is 0 Å². The molecule has 0 aromatic heterocycles. The van der Waals surface area contributed by atoms with Crippen molar-refractivity contribution in [2.45, 2.75) is 26.3 Å². The fourth-order valence-electron chi connectivity index (χ4n) is 1.77. The Morgan fingerprint density at radius 1 is 1.29 bits per heavy atom. The van der Waals surface area contributed by atoms with Gasteiger partial charge in [-0.1, -0.05) is 13.8 Å². The summed E-state index contributed by atoms with van der Waals surface area (Å²) in [5.41, 5.74) is -0.758. The van der Waals surface area contributed by atoms with Crippen LogP contribution in [0.2, 0.25) is 0 Å². The summed E-state index contributed by atoms with van der Waals surface area (Å²) in [6.07, 6.45) is -0.331. The number of hydrogen-bond donors (Lipinski definition) is 2. The summed E-state index contributed by atoms with van der Waals surface area (Å²) in [6, 6.07) is 1.05. The third-order valence-electron chi connectivity index (χ3n) is 2.99. The summed E-state index contributed by atoms with van der Waals surface area (Å²) >= 11 is 0. The predicted molar refractivity (Wildman–Crippen MR) is 71.3 cm³/mol. The fraction of sp³-hybridized carbons (Fsp3) is 0.429. The average Bonchev–Trinajstić information content (AvgIpc) is 2.36. The Morgan fingerprint density at radius 2 is 1.81 bits per heavy atom. The second-order valence-electron chi connectivity index (χ2n) is 4.89. The lowest BCUT2D eigenvalue weighted by atomic mass is 10.0. The molecule has 1 amide bonds. The number of carbonyl (C=O) groups excluding carboxylic acids is 1. The molecule has 0 unspecified atom stereocenters. The van der Waals surface area contributed by atoms with Crippen molar-refractivity contribution in [3.8, 4) is 5.75 Å². The molecule has 5 nitrogen and oxygen atoms in total.